The summed E-state index contributed by atoms with van der Waals surface area (Å²) in [7, 11) is 0. The van der Waals surface area contributed by atoms with Crippen LogP contribution in [0, 0.1) is 10.1 Å². The average molecular weight is 355 g/mol. The smallest absolute Gasteiger partial charge is 0.282 e. The molecule has 2 rings (SSSR count). The number of para-hydroxylation sites is 1. The molecule has 1 atom stereocenters. The molecule has 2 amide bonds. The van der Waals surface area contributed by atoms with E-state index >= 15 is 0 Å². The van der Waals surface area contributed by atoms with Gasteiger partial charge in [-0.05, 0) is 37.1 Å². The molecule has 0 fully saturated rings. The first kappa shape index (κ1) is 19.1. The Labute approximate surface area is 151 Å². The van der Waals surface area contributed by atoms with E-state index in [2.05, 4.69) is 10.6 Å². The summed E-state index contributed by atoms with van der Waals surface area (Å²) in [6.07, 6.45) is 0.831. The Morgan fingerprint density at radius 3 is 2.54 bits per heavy atom. The molecule has 0 spiro atoms. The SMILES string of the molecule is CCC(C)NC(=O)c1cccc(CNC(=O)c2ccccc2[N+](=O)[O-])c1. The number of hydrogen-bond acceptors (Lipinski definition) is 4. The lowest BCUT2D eigenvalue weighted by Gasteiger charge is -2.12. The molecule has 1 unspecified atom stereocenters. The van der Waals surface area contributed by atoms with Gasteiger partial charge in [0, 0.05) is 24.2 Å². The van der Waals surface area contributed by atoms with Gasteiger partial charge in [-0.25, -0.2) is 0 Å². The number of amides is 2. The van der Waals surface area contributed by atoms with Crippen molar-refractivity contribution in [1.29, 1.82) is 0 Å². The molecular formula is C19H21N3O4. The molecule has 0 aliphatic carbocycles. The molecule has 0 aliphatic rings. The van der Waals surface area contributed by atoms with Gasteiger partial charge in [-0.1, -0.05) is 31.2 Å². The highest BCUT2D eigenvalue weighted by Gasteiger charge is 2.18. The van der Waals surface area contributed by atoms with Crippen molar-refractivity contribution in [1.82, 2.24) is 10.6 Å². The van der Waals surface area contributed by atoms with Crippen LogP contribution in [0.5, 0.6) is 0 Å². The van der Waals surface area contributed by atoms with Crippen LogP contribution in [-0.4, -0.2) is 22.8 Å². The number of nitro groups is 1. The fraction of sp³-hybridized carbons (Fsp3) is 0.263. The van der Waals surface area contributed by atoms with Gasteiger partial charge in [0.15, 0.2) is 0 Å². The van der Waals surface area contributed by atoms with Crippen molar-refractivity contribution in [2.45, 2.75) is 32.9 Å². The average Bonchev–Trinajstić information content (AvgIpc) is 2.66. The van der Waals surface area contributed by atoms with Crippen molar-refractivity contribution < 1.29 is 14.5 Å². The molecule has 7 nitrogen and oxygen atoms in total. The van der Waals surface area contributed by atoms with Crippen LogP contribution < -0.4 is 10.6 Å². The Morgan fingerprint density at radius 1 is 1.12 bits per heavy atom. The van der Waals surface area contributed by atoms with Crippen molar-refractivity contribution in [3.8, 4) is 0 Å². The zero-order valence-corrected chi connectivity index (χ0v) is 14.7. The third-order valence-electron chi connectivity index (χ3n) is 3.98. The van der Waals surface area contributed by atoms with Crippen LogP contribution in [0.1, 0.15) is 46.5 Å². The zero-order valence-electron chi connectivity index (χ0n) is 14.7. The number of carbonyl (C=O) groups is 2. The van der Waals surface area contributed by atoms with Crippen LogP contribution in [0.2, 0.25) is 0 Å². The van der Waals surface area contributed by atoms with E-state index in [4.69, 9.17) is 0 Å². The number of nitrogens with one attached hydrogen (secondary N) is 2. The van der Waals surface area contributed by atoms with Crippen molar-refractivity contribution >= 4 is 17.5 Å². The molecule has 2 N–H and O–H groups in total. The molecule has 0 bridgehead atoms. The van der Waals surface area contributed by atoms with Gasteiger partial charge in [-0.2, -0.15) is 0 Å². The molecule has 0 saturated carbocycles. The largest absolute Gasteiger partial charge is 0.350 e. The Morgan fingerprint density at radius 2 is 1.85 bits per heavy atom. The second-order valence-corrected chi connectivity index (χ2v) is 5.94. The third kappa shape index (κ3) is 4.89. The summed E-state index contributed by atoms with van der Waals surface area (Å²) in [5, 5.41) is 16.5. The fourth-order valence-corrected chi connectivity index (χ4v) is 2.33. The van der Waals surface area contributed by atoms with E-state index in [9.17, 15) is 19.7 Å². The lowest BCUT2D eigenvalue weighted by atomic mass is 10.1. The molecule has 0 saturated heterocycles. The van der Waals surface area contributed by atoms with E-state index in [0.29, 0.717) is 5.56 Å². The third-order valence-corrected chi connectivity index (χ3v) is 3.98. The highest BCUT2D eigenvalue weighted by Crippen LogP contribution is 2.17. The second kappa shape index (κ2) is 8.75. The maximum absolute atomic E-state index is 12.3. The first-order chi connectivity index (χ1) is 12.4. The lowest BCUT2D eigenvalue weighted by Crippen LogP contribution is -2.32. The molecule has 0 aromatic heterocycles. The van der Waals surface area contributed by atoms with E-state index in [-0.39, 0.29) is 29.7 Å². The predicted molar refractivity (Wildman–Crippen MR) is 97.9 cm³/mol. The minimum atomic E-state index is -0.589. The summed E-state index contributed by atoms with van der Waals surface area (Å²) in [4.78, 5) is 34.8. The second-order valence-electron chi connectivity index (χ2n) is 5.94. The van der Waals surface area contributed by atoms with E-state index in [0.717, 1.165) is 12.0 Å². The minimum absolute atomic E-state index is 0.00293. The molecule has 0 radical (unpaired) electrons. The maximum atomic E-state index is 12.3. The molecule has 26 heavy (non-hydrogen) atoms. The van der Waals surface area contributed by atoms with Gasteiger partial charge < -0.3 is 10.6 Å². The molecule has 7 heteroatoms. The molecule has 2 aromatic carbocycles. The van der Waals surface area contributed by atoms with E-state index in [1.165, 1.54) is 18.2 Å². The molecular weight excluding hydrogens is 334 g/mol. The summed E-state index contributed by atoms with van der Waals surface area (Å²) in [6, 6.07) is 12.7. The van der Waals surface area contributed by atoms with Gasteiger partial charge in [0.05, 0.1) is 4.92 Å². The van der Waals surface area contributed by atoms with Crippen molar-refractivity contribution in [3.63, 3.8) is 0 Å². The van der Waals surface area contributed by atoms with Crippen LogP contribution in [0.15, 0.2) is 48.5 Å². The summed E-state index contributed by atoms with van der Waals surface area (Å²) in [5.74, 6) is -0.710. The minimum Gasteiger partial charge on any atom is -0.350 e. The van der Waals surface area contributed by atoms with Gasteiger partial charge in [0.25, 0.3) is 17.5 Å². The summed E-state index contributed by atoms with van der Waals surface area (Å²) >= 11 is 0. The van der Waals surface area contributed by atoms with Crippen LogP contribution >= 0.6 is 0 Å². The molecule has 136 valence electrons. The highest BCUT2D eigenvalue weighted by molar-refractivity contribution is 5.98. The number of rotatable bonds is 7. The Kier molecular flexibility index (Phi) is 6.43. The van der Waals surface area contributed by atoms with Gasteiger partial charge in [-0.3, -0.25) is 19.7 Å². The first-order valence-corrected chi connectivity index (χ1v) is 8.33. The number of nitro benzene ring substituents is 1. The number of benzene rings is 2. The quantitative estimate of drug-likeness (QED) is 0.589. The molecule has 2 aromatic rings. The van der Waals surface area contributed by atoms with Crippen molar-refractivity contribution in [2.75, 3.05) is 0 Å². The van der Waals surface area contributed by atoms with Gasteiger partial charge in [-0.15, -0.1) is 0 Å². The molecule has 0 aliphatic heterocycles. The summed E-state index contributed by atoms with van der Waals surface area (Å²) in [5.41, 5.74) is 0.992. The number of hydrogen-bond donors (Lipinski definition) is 2. The Bertz CT molecular complexity index is 820. The topological polar surface area (TPSA) is 101 Å². The van der Waals surface area contributed by atoms with Crippen molar-refractivity contribution in [3.05, 3.63) is 75.3 Å². The standard InChI is InChI=1S/C19H21N3O4/c1-3-13(2)21-18(23)15-8-6-7-14(11-15)12-20-19(24)16-9-4-5-10-17(16)22(25)26/h4-11,13H,3,12H2,1-2H3,(H,20,24)(H,21,23). The van der Waals surface area contributed by atoms with E-state index in [1.54, 1.807) is 30.3 Å². The Balaban J connectivity index is 2.06. The van der Waals surface area contributed by atoms with Gasteiger partial charge >= 0.3 is 0 Å². The number of nitrogens with zero attached hydrogens (tertiary/aromatic N) is 1. The molecule has 0 heterocycles. The van der Waals surface area contributed by atoms with Crippen LogP contribution in [0.3, 0.4) is 0 Å². The highest BCUT2D eigenvalue weighted by atomic mass is 16.6. The Hall–Kier alpha value is -3.22. The zero-order chi connectivity index (χ0) is 19.1. The fourth-order valence-electron chi connectivity index (χ4n) is 2.33. The maximum Gasteiger partial charge on any atom is 0.282 e. The van der Waals surface area contributed by atoms with Gasteiger partial charge in [0.2, 0.25) is 0 Å². The monoisotopic (exact) mass is 355 g/mol. The predicted octanol–water partition coefficient (Wildman–Crippen LogP) is 3.05. The normalized spacial score (nSPS) is 11.5. The number of carbonyl (C=O) groups excluding carboxylic acids is 2. The van der Waals surface area contributed by atoms with Crippen LogP contribution in [-0.2, 0) is 6.54 Å². The van der Waals surface area contributed by atoms with E-state index in [1.807, 2.05) is 13.8 Å². The van der Waals surface area contributed by atoms with Crippen molar-refractivity contribution in [2.24, 2.45) is 0 Å². The first-order valence-electron chi connectivity index (χ1n) is 8.33. The lowest BCUT2D eigenvalue weighted by molar-refractivity contribution is -0.385. The van der Waals surface area contributed by atoms with E-state index < -0.39 is 10.8 Å². The van der Waals surface area contributed by atoms with Crippen LogP contribution in [0.25, 0.3) is 0 Å². The van der Waals surface area contributed by atoms with Crippen LogP contribution in [0.4, 0.5) is 5.69 Å². The summed E-state index contributed by atoms with van der Waals surface area (Å²) in [6.45, 7) is 4.07. The van der Waals surface area contributed by atoms with Gasteiger partial charge in [0.1, 0.15) is 5.56 Å². The summed E-state index contributed by atoms with van der Waals surface area (Å²) < 4.78 is 0.